The summed E-state index contributed by atoms with van der Waals surface area (Å²) in [5, 5.41) is 9.54. The van der Waals surface area contributed by atoms with Gasteiger partial charge in [0.2, 0.25) is 0 Å². The summed E-state index contributed by atoms with van der Waals surface area (Å²) >= 11 is 0. The Labute approximate surface area is 106 Å². The highest BCUT2D eigenvalue weighted by atomic mass is 19.1. The first-order chi connectivity index (χ1) is 8.62. The first-order valence-electron chi connectivity index (χ1n) is 6.30. The van der Waals surface area contributed by atoms with Crippen LogP contribution in [0, 0.1) is 11.2 Å². The van der Waals surface area contributed by atoms with Gasteiger partial charge in [-0.15, -0.1) is 0 Å². The van der Waals surface area contributed by atoms with Crippen molar-refractivity contribution >= 4 is 5.97 Å². The van der Waals surface area contributed by atoms with Crippen LogP contribution in [-0.2, 0) is 4.79 Å². The minimum Gasteiger partial charge on any atom is -0.481 e. The fourth-order valence-corrected chi connectivity index (χ4v) is 3.13. The molecule has 1 fully saturated rings. The van der Waals surface area contributed by atoms with Gasteiger partial charge in [0, 0.05) is 12.5 Å². The SMILES string of the molecule is NCC(c1ccccc1F)C1(C(=O)O)CCCC1. The molecule has 0 aliphatic heterocycles. The Kier molecular flexibility index (Phi) is 3.66. The third-order valence-electron chi connectivity index (χ3n) is 4.11. The molecule has 0 heterocycles. The van der Waals surface area contributed by atoms with E-state index in [0.717, 1.165) is 12.8 Å². The number of hydrogen-bond acceptors (Lipinski definition) is 2. The van der Waals surface area contributed by atoms with E-state index in [1.807, 2.05) is 0 Å². The summed E-state index contributed by atoms with van der Waals surface area (Å²) in [6.45, 7) is 0.160. The summed E-state index contributed by atoms with van der Waals surface area (Å²) in [5.41, 5.74) is 5.29. The smallest absolute Gasteiger partial charge is 0.310 e. The number of carbonyl (C=O) groups is 1. The van der Waals surface area contributed by atoms with Gasteiger partial charge in [-0.2, -0.15) is 0 Å². The fraction of sp³-hybridized carbons (Fsp3) is 0.500. The molecule has 1 aliphatic carbocycles. The van der Waals surface area contributed by atoms with Gasteiger partial charge in [0.25, 0.3) is 0 Å². The molecule has 0 spiro atoms. The fourth-order valence-electron chi connectivity index (χ4n) is 3.13. The number of hydrogen-bond donors (Lipinski definition) is 2. The van der Waals surface area contributed by atoms with Crippen molar-refractivity contribution in [3.8, 4) is 0 Å². The molecule has 0 aromatic heterocycles. The highest BCUT2D eigenvalue weighted by Crippen LogP contribution is 2.49. The third-order valence-corrected chi connectivity index (χ3v) is 4.11. The van der Waals surface area contributed by atoms with Crippen LogP contribution in [0.25, 0.3) is 0 Å². The summed E-state index contributed by atoms with van der Waals surface area (Å²) in [7, 11) is 0. The molecule has 1 aliphatic rings. The molecule has 0 amide bonds. The van der Waals surface area contributed by atoms with Gasteiger partial charge in [-0.25, -0.2) is 4.39 Å². The van der Waals surface area contributed by atoms with Gasteiger partial charge < -0.3 is 10.8 Å². The van der Waals surface area contributed by atoms with Gasteiger partial charge in [0.1, 0.15) is 5.82 Å². The Morgan fingerprint density at radius 2 is 2.00 bits per heavy atom. The van der Waals surface area contributed by atoms with E-state index in [2.05, 4.69) is 0 Å². The average molecular weight is 251 g/mol. The van der Waals surface area contributed by atoms with Crippen LogP contribution in [0.4, 0.5) is 4.39 Å². The second-order valence-corrected chi connectivity index (χ2v) is 4.98. The van der Waals surface area contributed by atoms with Crippen LogP contribution in [0.1, 0.15) is 37.2 Å². The Morgan fingerprint density at radius 1 is 1.39 bits per heavy atom. The molecule has 0 radical (unpaired) electrons. The molecule has 0 bridgehead atoms. The molecule has 1 atom stereocenters. The lowest BCUT2D eigenvalue weighted by Gasteiger charge is -2.33. The van der Waals surface area contributed by atoms with Crippen LogP contribution < -0.4 is 5.73 Å². The van der Waals surface area contributed by atoms with Gasteiger partial charge in [-0.3, -0.25) is 4.79 Å². The Balaban J connectivity index is 2.44. The van der Waals surface area contributed by atoms with Crippen molar-refractivity contribution in [1.29, 1.82) is 0 Å². The van der Waals surface area contributed by atoms with Gasteiger partial charge >= 0.3 is 5.97 Å². The molecule has 3 N–H and O–H groups in total. The Bertz CT molecular complexity index is 441. The van der Waals surface area contributed by atoms with E-state index in [1.54, 1.807) is 18.2 Å². The zero-order chi connectivity index (χ0) is 13.2. The number of carboxylic acid groups (broad SMARTS) is 1. The summed E-state index contributed by atoms with van der Waals surface area (Å²) in [5.74, 6) is -1.65. The summed E-state index contributed by atoms with van der Waals surface area (Å²) in [6.07, 6.45) is 2.91. The lowest BCUT2D eigenvalue weighted by atomic mass is 9.70. The molecule has 1 aromatic carbocycles. The monoisotopic (exact) mass is 251 g/mol. The first kappa shape index (κ1) is 13.0. The van der Waals surface area contributed by atoms with E-state index in [4.69, 9.17) is 5.73 Å². The summed E-state index contributed by atoms with van der Waals surface area (Å²) in [6, 6.07) is 6.35. The molecule has 18 heavy (non-hydrogen) atoms. The van der Waals surface area contributed by atoms with Crippen LogP contribution in [-0.4, -0.2) is 17.6 Å². The minimum atomic E-state index is -0.892. The molecule has 1 saturated carbocycles. The number of aliphatic carboxylic acids is 1. The molecule has 0 saturated heterocycles. The summed E-state index contributed by atoms with van der Waals surface area (Å²) in [4.78, 5) is 11.6. The van der Waals surface area contributed by atoms with Crippen molar-refractivity contribution in [2.75, 3.05) is 6.54 Å². The number of halogens is 1. The quantitative estimate of drug-likeness (QED) is 0.864. The van der Waals surface area contributed by atoms with Crippen LogP contribution in [0.3, 0.4) is 0 Å². The highest BCUT2D eigenvalue weighted by molar-refractivity contribution is 5.76. The maximum absolute atomic E-state index is 13.9. The average Bonchev–Trinajstić information content (AvgIpc) is 2.83. The standard InChI is InChI=1S/C14H18FNO2/c15-12-6-2-1-5-10(12)11(9-16)14(13(17)18)7-3-4-8-14/h1-2,5-6,11H,3-4,7-9,16H2,(H,17,18). The van der Waals surface area contributed by atoms with Crippen LogP contribution in [0.15, 0.2) is 24.3 Å². The molecule has 2 rings (SSSR count). The van der Waals surface area contributed by atoms with Crippen molar-refractivity contribution < 1.29 is 14.3 Å². The predicted octanol–water partition coefficient (Wildman–Crippen LogP) is 2.51. The van der Waals surface area contributed by atoms with E-state index in [9.17, 15) is 14.3 Å². The summed E-state index contributed by atoms with van der Waals surface area (Å²) < 4.78 is 13.9. The number of carboxylic acids is 1. The molecular formula is C14H18FNO2. The maximum Gasteiger partial charge on any atom is 0.310 e. The highest BCUT2D eigenvalue weighted by Gasteiger charge is 2.48. The lowest BCUT2D eigenvalue weighted by molar-refractivity contribution is -0.150. The van der Waals surface area contributed by atoms with E-state index in [-0.39, 0.29) is 12.4 Å². The van der Waals surface area contributed by atoms with Crippen molar-refractivity contribution in [2.24, 2.45) is 11.1 Å². The second-order valence-electron chi connectivity index (χ2n) is 4.98. The predicted molar refractivity (Wildman–Crippen MR) is 66.7 cm³/mol. The molecular weight excluding hydrogens is 233 g/mol. The minimum absolute atomic E-state index is 0.160. The number of rotatable bonds is 4. The van der Waals surface area contributed by atoms with E-state index in [1.165, 1.54) is 6.07 Å². The molecule has 1 unspecified atom stereocenters. The van der Waals surface area contributed by atoms with Gasteiger partial charge in [-0.05, 0) is 24.5 Å². The van der Waals surface area contributed by atoms with Crippen LogP contribution >= 0.6 is 0 Å². The number of benzene rings is 1. The lowest BCUT2D eigenvalue weighted by Crippen LogP contribution is -2.39. The molecule has 3 nitrogen and oxygen atoms in total. The normalized spacial score (nSPS) is 19.7. The molecule has 1 aromatic rings. The topological polar surface area (TPSA) is 63.3 Å². The second kappa shape index (κ2) is 5.06. The van der Waals surface area contributed by atoms with Gasteiger partial charge in [0.15, 0.2) is 0 Å². The van der Waals surface area contributed by atoms with Crippen LogP contribution in [0.2, 0.25) is 0 Å². The van der Waals surface area contributed by atoms with E-state index in [0.29, 0.717) is 18.4 Å². The first-order valence-corrected chi connectivity index (χ1v) is 6.30. The van der Waals surface area contributed by atoms with Gasteiger partial charge in [0.05, 0.1) is 5.41 Å². The van der Waals surface area contributed by atoms with Crippen molar-refractivity contribution in [2.45, 2.75) is 31.6 Å². The van der Waals surface area contributed by atoms with E-state index >= 15 is 0 Å². The largest absolute Gasteiger partial charge is 0.481 e. The van der Waals surface area contributed by atoms with Crippen molar-refractivity contribution in [1.82, 2.24) is 0 Å². The van der Waals surface area contributed by atoms with E-state index < -0.39 is 17.3 Å². The molecule has 98 valence electrons. The van der Waals surface area contributed by atoms with Crippen LogP contribution in [0.5, 0.6) is 0 Å². The van der Waals surface area contributed by atoms with Crippen molar-refractivity contribution in [3.05, 3.63) is 35.6 Å². The zero-order valence-corrected chi connectivity index (χ0v) is 10.2. The molecule has 4 heteroatoms. The van der Waals surface area contributed by atoms with Crippen molar-refractivity contribution in [3.63, 3.8) is 0 Å². The number of nitrogens with two attached hydrogens (primary N) is 1. The Morgan fingerprint density at radius 3 is 2.50 bits per heavy atom. The Hall–Kier alpha value is -1.42. The maximum atomic E-state index is 13.9. The zero-order valence-electron chi connectivity index (χ0n) is 10.2. The van der Waals surface area contributed by atoms with Gasteiger partial charge in [-0.1, -0.05) is 31.0 Å². The third kappa shape index (κ3) is 2.01.